The van der Waals surface area contributed by atoms with Crippen molar-refractivity contribution < 1.29 is 8.78 Å². The highest BCUT2D eigenvalue weighted by molar-refractivity contribution is 6.31. The Balaban J connectivity index is 2.59. The smallest absolute Gasteiger partial charge is 0.131 e. The first-order chi connectivity index (χ1) is 9.10. The maximum Gasteiger partial charge on any atom is 0.131 e. The summed E-state index contributed by atoms with van der Waals surface area (Å²) in [4.78, 5) is 0. The lowest BCUT2D eigenvalue weighted by molar-refractivity contribution is 0.497. The molecule has 19 heavy (non-hydrogen) atoms. The lowest BCUT2D eigenvalue weighted by atomic mass is 10.0. The van der Waals surface area contributed by atoms with Crippen LogP contribution in [-0.2, 0) is 6.54 Å². The van der Waals surface area contributed by atoms with Gasteiger partial charge in [-0.3, -0.25) is 4.68 Å². The normalized spacial score (nSPS) is 12.7. The topological polar surface area (TPSA) is 29.9 Å². The highest BCUT2D eigenvalue weighted by atomic mass is 35.5. The molecule has 0 radical (unpaired) electrons. The van der Waals surface area contributed by atoms with Crippen molar-refractivity contribution in [2.24, 2.45) is 0 Å². The SMILES string of the molecule is CCn1ncc(Cl)c1C(NC)c1c(F)cccc1F. The predicted octanol–water partition coefficient (Wildman–Crippen LogP) is 3.14. The van der Waals surface area contributed by atoms with E-state index >= 15 is 0 Å². The van der Waals surface area contributed by atoms with Crippen LogP contribution in [0.15, 0.2) is 24.4 Å². The second kappa shape index (κ2) is 5.67. The molecule has 2 aromatic rings. The molecule has 0 aliphatic heterocycles. The standard InChI is InChI=1S/C13H14ClF2N3/c1-3-19-13(8(14)7-18-19)12(17-2)11-9(15)5-4-6-10(11)16/h4-7,12,17H,3H2,1-2H3. The van der Waals surface area contributed by atoms with Gasteiger partial charge in [0.05, 0.1) is 23.0 Å². The zero-order valence-corrected chi connectivity index (χ0v) is 11.4. The van der Waals surface area contributed by atoms with Gasteiger partial charge in [0.1, 0.15) is 11.6 Å². The number of aromatic nitrogens is 2. The van der Waals surface area contributed by atoms with Gasteiger partial charge in [-0.2, -0.15) is 5.10 Å². The van der Waals surface area contributed by atoms with Crippen LogP contribution in [0, 0.1) is 11.6 Å². The Morgan fingerprint density at radius 2 is 2.00 bits per heavy atom. The van der Waals surface area contributed by atoms with Crippen LogP contribution in [0.25, 0.3) is 0 Å². The van der Waals surface area contributed by atoms with E-state index in [4.69, 9.17) is 11.6 Å². The van der Waals surface area contributed by atoms with E-state index in [0.29, 0.717) is 17.3 Å². The van der Waals surface area contributed by atoms with E-state index in [0.717, 1.165) is 0 Å². The van der Waals surface area contributed by atoms with Gasteiger partial charge >= 0.3 is 0 Å². The van der Waals surface area contributed by atoms with Gasteiger partial charge in [0.25, 0.3) is 0 Å². The number of rotatable bonds is 4. The van der Waals surface area contributed by atoms with Crippen LogP contribution in [0.5, 0.6) is 0 Å². The van der Waals surface area contributed by atoms with Crippen molar-refractivity contribution in [1.29, 1.82) is 0 Å². The fraction of sp³-hybridized carbons (Fsp3) is 0.308. The summed E-state index contributed by atoms with van der Waals surface area (Å²) < 4.78 is 29.4. The van der Waals surface area contributed by atoms with E-state index in [9.17, 15) is 8.78 Å². The highest BCUT2D eigenvalue weighted by Crippen LogP contribution is 2.31. The second-order valence-electron chi connectivity index (χ2n) is 4.05. The molecule has 0 saturated carbocycles. The molecule has 6 heteroatoms. The molecular formula is C13H14ClF2N3. The second-order valence-corrected chi connectivity index (χ2v) is 4.46. The van der Waals surface area contributed by atoms with Gasteiger partial charge in [0.15, 0.2) is 0 Å². The number of hydrogen-bond acceptors (Lipinski definition) is 2. The average molecular weight is 286 g/mol. The molecule has 102 valence electrons. The van der Waals surface area contributed by atoms with Gasteiger partial charge in [-0.15, -0.1) is 0 Å². The highest BCUT2D eigenvalue weighted by Gasteiger charge is 2.25. The van der Waals surface area contributed by atoms with Crippen LogP contribution in [0.2, 0.25) is 5.02 Å². The summed E-state index contributed by atoms with van der Waals surface area (Å²) in [6, 6.07) is 3.10. The molecule has 0 fully saturated rings. The van der Waals surface area contributed by atoms with E-state index in [1.807, 2.05) is 6.92 Å². The van der Waals surface area contributed by atoms with E-state index in [1.165, 1.54) is 24.4 Å². The Kier molecular flexibility index (Phi) is 4.17. The number of nitrogens with one attached hydrogen (secondary N) is 1. The Morgan fingerprint density at radius 3 is 2.53 bits per heavy atom. The first-order valence-electron chi connectivity index (χ1n) is 5.92. The molecule has 1 atom stereocenters. The van der Waals surface area contributed by atoms with Crippen LogP contribution in [0.1, 0.15) is 24.2 Å². The molecule has 1 aromatic carbocycles. The molecule has 1 N–H and O–H groups in total. The number of nitrogens with zero attached hydrogens (tertiary/aromatic N) is 2. The zero-order chi connectivity index (χ0) is 14.0. The first kappa shape index (κ1) is 14.0. The van der Waals surface area contributed by atoms with Crippen LogP contribution >= 0.6 is 11.6 Å². The number of halogens is 3. The van der Waals surface area contributed by atoms with Crippen LogP contribution in [-0.4, -0.2) is 16.8 Å². The minimum Gasteiger partial charge on any atom is -0.308 e. The van der Waals surface area contributed by atoms with Gasteiger partial charge in [-0.05, 0) is 26.1 Å². The van der Waals surface area contributed by atoms with Crippen LogP contribution < -0.4 is 5.32 Å². The van der Waals surface area contributed by atoms with Crippen LogP contribution in [0.3, 0.4) is 0 Å². The molecule has 0 spiro atoms. The minimum absolute atomic E-state index is 0.0536. The molecular weight excluding hydrogens is 272 g/mol. The Morgan fingerprint density at radius 1 is 1.37 bits per heavy atom. The monoisotopic (exact) mass is 285 g/mol. The van der Waals surface area contributed by atoms with Crippen molar-refractivity contribution in [2.75, 3.05) is 7.05 Å². The summed E-state index contributed by atoms with van der Waals surface area (Å²) in [5.41, 5.74) is 0.498. The molecule has 2 rings (SSSR count). The number of aryl methyl sites for hydroxylation is 1. The summed E-state index contributed by atoms with van der Waals surface area (Å²) >= 11 is 6.08. The van der Waals surface area contributed by atoms with Crippen molar-refractivity contribution in [3.8, 4) is 0 Å². The van der Waals surface area contributed by atoms with E-state index < -0.39 is 17.7 Å². The van der Waals surface area contributed by atoms with Crippen molar-refractivity contribution in [3.63, 3.8) is 0 Å². The van der Waals surface area contributed by atoms with Gasteiger partial charge in [-0.1, -0.05) is 17.7 Å². The molecule has 0 bridgehead atoms. The van der Waals surface area contributed by atoms with E-state index in [-0.39, 0.29) is 5.56 Å². The zero-order valence-electron chi connectivity index (χ0n) is 10.6. The van der Waals surface area contributed by atoms with Gasteiger partial charge in [-0.25, -0.2) is 8.78 Å². The molecule has 0 amide bonds. The maximum absolute atomic E-state index is 13.9. The molecule has 0 saturated heterocycles. The maximum atomic E-state index is 13.9. The third-order valence-electron chi connectivity index (χ3n) is 2.98. The summed E-state index contributed by atoms with van der Waals surface area (Å²) in [5.74, 6) is -1.22. The Bertz CT molecular complexity index is 563. The third-order valence-corrected chi connectivity index (χ3v) is 3.27. The fourth-order valence-corrected chi connectivity index (χ4v) is 2.37. The molecule has 1 aromatic heterocycles. The summed E-state index contributed by atoms with van der Waals surface area (Å²) in [6.07, 6.45) is 1.48. The molecule has 3 nitrogen and oxygen atoms in total. The number of benzene rings is 1. The summed E-state index contributed by atoms with van der Waals surface area (Å²) in [7, 11) is 1.62. The van der Waals surface area contributed by atoms with Crippen molar-refractivity contribution in [2.45, 2.75) is 19.5 Å². The summed E-state index contributed by atoms with van der Waals surface area (Å²) in [6.45, 7) is 2.45. The average Bonchev–Trinajstić information content (AvgIpc) is 2.75. The largest absolute Gasteiger partial charge is 0.308 e. The molecule has 1 unspecified atom stereocenters. The number of hydrogen-bond donors (Lipinski definition) is 1. The van der Waals surface area contributed by atoms with E-state index in [1.54, 1.807) is 11.7 Å². The van der Waals surface area contributed by atoms with Crippen molar-refractivity contribution >= 4 is 11.6 Å². The minimum atomic E-state index is -0.684. The Hall–Kier alpha value is -1.46. The fourth-order valence-electron chi connectivity index (χ4n) is 2.12. The first-order valence-corrected chi connectivity index (χ1v) is 6.30. The van der Waals surface area contributed by atoms with Gasteiger partial charge in [0.2, 0.25) is 0 Å². The third kappa shape index (κ3) is 2.48. The lowest BCUT2D eigenvalue weighted by Crippen LogP contribution is -2.24. The lowest BCUT2D eigenvalue weighted by Gasteiger charge is -2.19. The quantitative estimate of drug-likeness (QED) is 0.935. The van der Waals surface area contributed by atoms with Gasteiger partial charge < -0.3 is 5.32 Å². The van der Waals surface area contributed by atoms with E-state index in [2.05, 4.69) is 10.4 Å². The summed E-state index contributed by atoms with van der Waals surface area (Å²) in [5, 5.41) is 7.36. The predicted molar refractivity (Wildman–Crippen MR) is 70.2 cm³/mol. The van der Waals surface area contributed by atoms with Gasteiger partial charge in [0, 0.05) is 12.1 Å². The molecule has 0 aliphatic carbocycles. The van der Waals surface area contributed by atoms with Crippen molar-refractivity contribution in [1.82, 2.24) is 15.1 Å². The van der Waals surface area contributed by atoms with Crippen molar-refractivity contribution in [3.05, 3.63) is 52.3 Å². The Labute approximate surface area is 115 Å². The molecule has 0 aliphatic rings. The van der Waals surface area contributed by atoms with Crippen LogP contribution in [0.4, 0.5) is 8.78 Å². The molecule has 1 heterocycles.